The van der Waals surface area contributed by atoms with Crippen molar-refractivity contribution in [3.63, 3.8) is 0 Å². The van der Waals surface area contributed by atoms with Gasteiger partial charge in [0.2, 0.25) is 0 Å². The first-order valence-electron chi connectivity index (χ1n) is 5.57. The van der Waals surface area contributed by atoms with Crippen LogP contribution in [0.15, 0.2) is 12.1 Å². The van der Waals surface area contributed by atoms with Crippen LogP contribution < -0.4 is 5.32 Å². The van der Waals surface area contributed by atoms with Crippen LogP contribution in [-0.4, -0.2) is 22.5 Å². The van der Waals surface area contributed by atoms with Gasteiger partial charge < -0.3 is 5.32 Å². The summed E-state index contributed by atoms with van der Waals surface area (Å²) in [4.78, 5) is 9.62. The number of anilines is 1. The molecule has 0 saturated carbocycles. The topological polar surface area (TPSA) is 55.2 Å². The molecule has 1 unspecified atom stereocenters. The monoisotopic (exact) mass is 274 g/mol. The molecule has 1 aliphatic heterocycles. The number of nitrogens with one attached hydrogen (secondary N) is 1. The second-order valence-electron chi connectivity index (χ2n) is 4.06. The molecular formula is C11H12F2N2O2S. The molecule has 1 heterocycles. The zero-order chi connectivity index (χ0) is 13.1. The van der Waals surface area contributed by atoms with Gasteiger partial charge in [-0.25, -0.2) is 8.78 Å². The summed E-state index contributed by atoms with van der Waals surface area (Å²) in [6.45, 7) is 0.469. The van der Waals surface area contributed by atoms with Gasteiger partial charge in [-0.2, -0.15) is 11.8 Å². The van der Waals surface area contributed by atoms with Crippen molar-refractivity contribution < 1.29 is 13.7 Å². The zero-order valence-electron chi connectivity index (χ0n) is 9.49. The van der Waals surface area contributed by atoms with Crippen molar-refractivity contribution in [1.29, 1.82) is 0 Å². The van der Waals surface area contributed by atoms with Crippen molar-refractivity contribution in [2.24, 2.45) is 0 Å². The van der Waals surface area contributed by atoms with Gasteiger partial charge in [0.25, 0.3) is 5.69 Å². The molecule has 1 atom stereocenters. The fourth-order valence-corrected chi connectivity index (χ4v) is 3.06. The van der Waals surface area contributed by atoms with Gasteiger partial charge in [0.05, 0.1) is 17.1 Å². The Kier molecular flexibility index (Phi) is 4.00. The van der Waals surface area contributed by atoms with Crippen LogP contribution in [0.25, 0.3) is 0 Å². The number of halogens is 2. The van der Waals surface area contributed by atoms with E-state index >= 15 is 0 Å². The lowest BCUT2D eigenvalue weighted by Gasteiger charge is -2.12. The third-order valence-electron chi connectivity index (χ3n) is 2.77. The molecule has 1 aliphatic rings. The summed E-state index contributed by atoms with van der Waals surface area (Å²) in [7, 11) is 0. The number of nitro groups is 1. The molecule has 18 heavy (non-hydrogen) atoms. The predicted octanol–water partition coefficient (Wildman–Crippen LogP) is 3.18. The van der Waals surface area contributed by atoms with Gasteiger partial charge in [-0.05, 0) is 18.6 Å². The molecule has 1 aromatic rings. The van der Waals surface area contributed by atoms with Crippen molar-refractivity contribution in [2.75, 3.05) is 17.6 Å². The Morgan fingerprint density at radius 2 is 2.11 bits per heavy atom. The summed E-state index contributed by atoms with van der Waals surface area (Å²) >= 11 is 1.77. The lowest BCUT2D eigenvalue weighted by molar-refractivity contribution is -0.385. The Bertz CT molecular complexity index is 441. The molecule has 7 heteroatoms. The average molecular weight is 274 g/mol. The fourth-order valence-electron chi connectivity index (χ4n) is 1.86. The van der Waals surface area contributed by atoms with Crippen LogP contribution >= 0.6 is 11.8 Å². The smallest absolute Gasteiger partial charge is 0.275 e. The Balaban J connectivity index is 2.10. The molecule has 4 nitrogen and oxygen atoms in total. The Morgan fingerprint density at radius 3 is 2.61 bits per heavy atom. The van der Waals surface area contributed by atoms with Gasteiger partial charge in [0.1, 0.15) is 5.69 Å². The van der Waals surface area contributed by atoms with Gasteiger partial charge in [0.15, 0.2) is 11.6 Å². The van der Waals surface area contributed by atoms with E-state index in [-0.39, 0.29) is 5.69 Å². The van der Waals surface area contributed by atoms with Crippen LogP contribution in [-0.2, 0) is 0 Å². The molecule has 0 aliphatic carbocycles. The Morgan fingerprint density at radius 1 is 1.44 bits per heavy atom. The van der Waals surface area contributed by atoms with Crippen molar-refractivity contribution in [2.45, 2.75) is 18.1 Å². The van der Waals surface area contributed by atoms with E-state index in [9.17, 15) is 18.9 Å². The van der Waals surface area contributed by atoms with E-state index in [0.717, 1.165) is 30.7 Å². The highest BCUT2D eigenvalue weighted by Gasteiger charge is 2.19. The van der Waals surface area contributed by atoms with Crippen molar-refractivity contribution >= 4 is 23.1 Å². The van der Waals surface area contributed by atoms with Crippen molar-refractivity contribution in [3.8, 4) is 0 Å². The number of thioether (sulfide) groups is 1. The maximum atomic E-state index is 13.5. The zero-order valence-corrected chi connectivity index (χ0v) is 10.3. The predicted molar refractivity (Wildman–Crippen MR) is 67.0 cm³/mol. The quantitative estimate of drug-likeness (QED) is 0.676. The number of rotatable bonds is 4. The second-order valence-corrected chi connectivity index (χ2v) is 5.47. The Labute approximate surface area is 107 Å². The van der Waals surface area contributed by atoms with Crippen molar-refractivity contribution in [3.05, 3.63) is 33.9 Å². The molecule has 0 amide bonds. The number of hydrogen-bond acceptors (Lipinski definition) is 4. The van der Waals surface area contributed by atoms with Gasteiger partial charge >= 0.3 is 0 Å². The van der Waals surface area contributed by atoms with Crippen LogP contribution in [0, 0.1) is 21.7 Å². The molecule has 0 bridgehead atoms. The third kappa shape index (κ3) is 2.90. The first-order chi connectivity index (χ1) is 8.58. The number of benzene rings is 1. The Hall–Kier alpha value is -1.37. The first-order valence-corrected chi connectivity index (χ1v) is 6.61. The number of hydrogen-bond donors (Lipinski definition) is 1. The SMILES string of the molecule is O=[N+]([O-])c1cc(F)c(NCC2CCCS2)c(F)c1. The number of nitrogens with zero attached hydrogens (tertiary/aromatic N) is 1. The molecule has 0 radical (unpaired) electrons. The van der Waals surface area contributed by atoms with E-state index in [0.29, 0.717) is 11.8 Å². The lowest BCUT2D eigenvalue weighted by atomic mass is 10.2. The maximum absolute atomic E-state index is 13.5. The number of nitro benzene ring substituents is 1. The van der Waals surface area contributed by atoms with E-state index in [4.69, 9.17) is 0 Å². The highest BCUT2D eigenvalue weighted by atomic mass is 32.2. The molecule has 1 fully saturated rings. The summed E-state index contributed by atoms with van der Waals surface area (Å²) in [6, 6.07) is 1.46. The molecular weight excluding hydrogens is 262 g/mol. The van der Waals surface area contributed by atoms with Crippen LogP contribution in [0.5, 0.6) is 0 Å². The standard InChI is InChI=1S/C11H12F2N2O2S/c12-9-4-7(15(16)17)5-10(13)11(9)14-6-8-2-1-3-18-8/h4-5,8,14H,1-3,6H2. The van der Waals surface area contributed by atoms with Crippen LogP contribution in [0.3, 0.4) is 0 Å². The summed E-state index contributed by atoms with van der Waals surface area (Å²) in [5, 5.41) is 13.5. The minimum atomic E-state index is -0.926. The normalized spacial score (nSPS) is 18.9. The fraction of sp³-hybridized carbons (Fsp3) is 0.455. The van der Waals surface area contributed by atoms with Gasteiger partial charge in [0, 0.05) is 11.8 Å². The highest BCUT2D eigenvalue weighted by molar-refractivity contribution is 8.00. The average Bonchev–Trinajstić information content (AvgIpc) is 2.80. The van der Waals surface area contributed by atoms with Gasteiger partial charge in [-0.3, -0.25) is 10.1 Å². The van der Waals surface area contributed by atoms with Crippen molar-refractivity contribution in [1.82, 2.24) is 0 Å². The molecule has 2 rings (SSSR count). The lowest BCUT2D eigenvalue weighted by Crippen LogP contribution is -2.15. The van der Waals surface area contributed by atoms with Crippen LogP contribution in [0.1, 0.15) is 12.8 Å². The summed E-state index contributed by atoms with van der Waals surface area (Å²) in [5.41, 5.74) is -0.862. The number of non-ortho nitro benzene ring substituents is 1. The van der Waals surface area contributed by atoms with Crippen LogP contribution in [0.4, 0.5) is 20.2 Å². The minimum absolute atomic E-state index is 0.284. The van der Waals surface area contributed by atoms with E-state index in [1.165, 1.54) is 0 Å². The van der Waals surface area contributed by atoms with Gasteiger partial charge in [-0.15, -0.1) is 0 Å². The summed E-state index contributed by atoms with van der Waals surface area (Å²) in [5.74, 6) is -0.785. The first kappa shape index (κ1) is 13.1. The molecule has 0 aromatic heterocycles. The largest absolute Gasteiger partial charge is 0.379 e. The molecule has 1 N–H and O–H groups in total. The van der Waals surface area contributed by atoms with E-state index in [1.807, 2.05) is 0 Å². The molecule has 1 aromatic carbocycles. The highest BCUT2D eigenvalue weighted by Crippen LogP contribution is 2.28. The van der Waals surface area contributed by atoms with E-state index in [1.54, 1.807) is 11.8 Å². The van der Waals surface area contributed by atoms with Crippen LogP contribution in [0.2, 0.25) is 0 Å². The van der Waals surface area contributed by atoms with E-state index < -0.39 is 22.2 Å². The summed E-state index contributed by atoms with van der Waals surface area (Å²) < 4.78 is 27.1. The second kappa shape index (κ2) is 5.51. The maximum Gasteiger partial charge on any atom is 0.275 e. The third-order valence-corrected chi connectivity index (χ3v) is 4.17. The van der Waals surface area contributed by atoms with E-state index in [2.05, 4.69) is 5.32 Å². The molecule has 98 valence electrons. The summed E-state index contributed by atoms with van der Waals surface area (Å²) in [6.07, 6.45) is 2.14. The van der Waals surface area contributed by atoms with Gasteiger partial charge in [-0.1, -0.05) is 0 Å². The minimum Gasteiger partial charge on any atom is -0.379 e. The molecule has 1 saturated heterocycles. The molecule has 0 spiro atoms.